The van der Waals surface area contributed by atoms with Gasteiger partial charge >= 0.3 is 11.8 Å². The molecule has 1 heterocycles. The van der Waals surface area contributed by atoms with Crippen molar-refractivity contribution in [3.8, 4) is 0 Å². The molecule has 1 aliphatic rings. The van der Waals surface area contributed by atoms with Gasteiger partial charge in [0, 0.05) is 6.04 Å². The van der Waals surface area contributed by atoms with Crippen molar-refractivity contribution >= 4 is 17.7 Å². The van der Waals surface area contributed by atoms with E-state index in [1.54, 1.807) is 0 Å². The van der Waals surface area contributed by atoms with Crippen LogP contribution >= 0.6 is 0 Å². The summed E-state index contributed by atoms with van der Waals surface area (Å²) < 4.78 is 1.16. The van der Waals surface area contributed by atoms with Crippen molar-refractivity contribution in [3.05, 3.63) is 22.4 Å². The molecule has 0 aromatic carbocycles. The smallest absolute Gasteiger partial charge is 0.389 e. The maximum atomic E-state index is 11.9. The lowest BCUT2D eigenvalue weighted by Gasteiger charge is -2.29. The van der Waals surface area contributed by atoms with E-state index < -0.39 is 28.8 Å². The van der Waals surface area contributed by atoms with Crippen molar-refractivity contribution in [2.75, 3.05) is 0 Å². The van der Waals surface area contributed by atoms with Crippen molar-refractivity contribution in [2.24, 2.45) is 5.92 Å². The summed E-state index contributed by atoms with van der Waals surface area (Å²) >= 11 is 0. The molecule has 1 aromatic rings. The van der Waals surface area contributed by atoms with Crippen molar-refractivity contribution in [2.45, 2.75) is 38.3 Å². The molecule has 114 valence electrons. The number of hydrogen-bond donors (Lipinski definition) is 2. The molecule has 9 heteroatoms. The number of nitrogens with one attached hydrogen (secondary N) is 1. The molecule has 2 N–H and O–H groups in total. The van der Waals surface area contributed by atoms with Crippen LogP contribution < -0.4 is 5.32 Å². The number of aromatic nitrogens is 2. The van der Waals surface area contributed by atoms with Crippen molar-refractivity contribution in [1.29, 1.82) is 0 Å². The van der Waals surface area contributed by atoms with Crippen molar-refractivity contribution in [1.82, 2.24) is 15.1 Å². The highest BCUT2D eigenvalue weighted by Gasteiger charge is 2.31. The number of rotatable bonds is 5. The normalized spacial score (nSPS) is 21.7. The number of nitro groups is 1. The van der Waals surface area contributed by atoms with E-state index in [-0.39, 0.29) is 12.4 Å². The fourth-order valence-corrected chi connectivity index (χ4v) is 2.54. The van der Waals surface area contributed by atoms with E-state index in [0.717, 1.165) is 17.5 Å². The number of carbonyl (C=O) groups is 2. The standard InChI is InChI=1S/C12H16N4O5/c17-11(7-15-6-5-10(14-15)16(20)21)13-9-4-2-1-3-8(9)12(18)19/h5-6,8-9H,1-4,7H2,(H,13,17)(H,18,19). The predicted molar refractivity (Wildman–Crippen MR) is 70.4 cm³/mol. The van der Waals surface area contributed by atoms with Crippen LogP contribution in [0.3, 0.4) is 0 Å². The molecule has 1 saturated carbocycles. The van der Waals surface area contributed by atoms with Gasteiger partial charge < -0.3 is 20.5 Å². The van der Waals surface area contributed by atoms with Crippen LogP contribution in [-0.2, 0) is 16.1 Å². The van der Waals surface area contributed by atoms with Gasteiger partial charge in [-0.3, -0.25) is 9.59 Å². The molecule has 0 bridgehead atoms. The predicted octanol–water partition coefficient (Wildman–Crippen LogP) is 0.551. The second-order valence-corrected chi connectivity index (χ2v) is 5.03. The van der Waals surface area contributed by atoms with Crippen molar-refractivity contribution < 1.29 is 19.6 Å². The highest BCUT2D eigenvalue weighted by Crippen LogP contribution is 2.24. The third-order valence-electron chi connectivity index (χ3n) is 3.55. The number of carboxylic acid groups (broad SMARTS) is 1. The van der Waals surface area contributed by atoms with Crippen LogP contribution in [0, 0.1) is 16.0 Å². The summed E-state index contributed by atoms with van der Waals surface area (Å²) in [5.41, 5.74) is 0. The molecule has 0 spiro atoms. The van der Waals surface area contributed by atoms with E-state index >= 15 is 0 Å². The molecule has 1 aromatic heterocycles. The van der Waals surface area contributed by atoms with Gasteiger partial charge in [0.15, 0.2) is 0 Å². The summed E-state index contributed by atoms with van der Waals surface area (Å²) in [6.45, 7) is -0.170. The lowest BCUT2D eigenvalue weighted by atomic mass is 9.84. The van der Waals surface area contributed by atoms with Gasteiger partial charge in [-0.1, -0.05) is 12.8 Å². The molecule has 2 atom stereocenters. The minimum absolute atomic E-state index is 0.170. The second kappa shape index (κ2) is 6.33. The number of amides is 1. The fourth-order valence-electron chi connectivity index (χ4n) is 2.54. The number of hydrogen-bond acceptors (Lipinski definition) is 5. The summed E-state index contributed by atoms with van der Waals surface area (Å²) in [7, 11) is 0. The third kappa shape index (κ3) is 3.77. The Morgan fingerprint density at radius 1 is 1.48 bits per heavy atom. The molecular weight excluding hydrogens is 280 g/mol. The Morgan fingerprint density at radius 2 is 2.19 bits per heavy atom. The molecule has 0 saturated heterocycles. The zero-order valence-corrected chi connectivity index (χ0v) is 11.3. The average Bonchev–Trinajstić information content (AvgIpc) is 2.87. The van der Waals surface area contributed by atoms with Crippen LogP contribution in [0.1, 0.15) is 25.7 Å². The first-order valence-electron chi connectivity index (χ1n) is 6.67. The lowest BCUT2D eigenvalue weighted by Crippen LogP contribution is -2.46. The van der Waals surface area contributed by atoms with E-state index in [1.807, 2.05) is 0 Å². The molecule has 21 heavy (non-hydrogen) atoms. The van der Waals surface area contributed by atoms with Gasteiger partial charge in [-0.15, -0.1) is 0 Å². The molecule has 1 aliphatic carbocycles. The SMILES string of the molecule is O=C(Cn1ccc([N+](=O)[O-])n1)NC1CCCCC1C(=O)O. The van der Waals surface area contributed by atoms with Gasteiger partial charge in [-0.2, -0.15) is 4.68 Å². The number of carbonyl (C=O) groups excluding carboxylic acids is 1. The topological polar surface area (TPSA) is 127 Å². The minimum atomic E-state index is -0.908. The highest BCUT2D eigenvalue weighted by atomic mass is 16.6. The lowest BCUT2D eigenvalue weighted by molar-refractivity contribution is -0.389. The highest BCUT2D eigenvalue weighted by molar-refractivity contribution is 5.78. The molecule has 1 fully saturated rings. The Morgan fingerprint density at radius 3 is 2.81 bits per heavy atom. The molecule has 0 aliphatic heterocycles. The Bertz CT molecular complexity index is 556. The average molecular weight is 296 g/mol. The van der Waals surface area contributed by atoms with Crippen LogP contribution in [-0.4, -0.2) is 37.7 Å². The van der Waals surface area contributed by atoms with Crippen LogP contribution in [0.4, 0.5) is 5.82 Å². The Kier molecular flexibility index (Phi) is 4.51. The number of aliphatic carboxylic acids is 1. The minimum Gasteiger partial charge on any atom is -0.481 e. The van der Waals surface area contributed by atoms with Gasteiger partial charge in [0.1, 0.15) is 6.54 Å². The van der Waals surface area contributed by atoms with E-state index in [4.69, 9.17) is 5.11 Å². The summed E-state index contributed by atoms with van der Waals surface area (Å²) in [5, 5.41) is 26.0. The van der Waals surface area contributed by atoms with Gasteiger partial charge in [0.05, 0.1) is 23.3 Å². The van der Waals surface area contributed by atoms with Crippen LogP contribution in [0.5, 0.6) is 0 Å². The first-order chi connectivity index (χ1) is 9.97. The van der Waals surface area contributed by atoms with Gasteiger partial charge in [-0.05, 0) is 17.8 Å². The molecule has 1 amide bonds. The Labute approximate surface area is 120 Å². The fraction of sp³-hybridized carbons (Fsp3) is 0.583. The summed E-state index contributed by atoms with van der Waals surface area (Å²) in [6, 6.07) is 0.808. The maximum Gasteiger partial charge on any atom is 0.389 e. The van der Waals surface area contributed by atoms with Crippen LogP contribution in [0.2, 0.25) is 0 Å². The van der Waals surface area contributed by atoms with E-state index in [9.17, 15) is 19.7 Å². The van der Waals surface area contributed by atoms with E-state index in [2.05, 4.69) is 10.4 Å². The zero-order valence-electron chi connectivity index (χ0n) is 11.3. The number of nitrogens with zero attached hydrogens (tertiary/aromatic N) is 3. The zero-order chi connectivity index (χ0) is 15.4. The monoisotopic (exact) mass is 296 g/mol. The summed E-state index contributed by atoms with van der Waals surface area (Å²) in [6.07, 6.45) is 4.24. The van der Waals surface area contributed by atoms with Gasteiger partial charge in [-0.25, -0.2) is 0 Å². The number of carboxylic acids is 1. The maximum absolute atomic E-state index is 11.9. The summed E-state index contributed by atoms with van der Waals surface area (Å²) in [4.78, 5) is 32.9. The quantitative estimate of drug-likeness (QED) is 0.603. The summed E-state index contributed by atoms with van der Waals surface area (Å²) in [5.74, 6) is -2.21. The Balaban J connectivity index is 1.93. The molecular formula is C12H16N4O5. The first kappa shape index (κ1) is 14.9. The van der Waals surface area contributed by atoms with Gasteiger partial charge in [0.25, 0.3) is 0 Å². The molecule has 2 rings (SSSR count). The first-order valence-corrected chi connectivity index (χ1v) is 6.67. The largest absolute Gasteiger partial charge is 0.481 e. The molecule has 0 radical (unpaired) electrons. The second-order valence-electron chi connectivity index (χ2n) is 5.03. The Hall–Kier alpha value is -2.45. The van der Waals surface area contributed by atoms with E-state index in [1.165, 1.54) is 12.3 Å². The van der Waals surface area contributed by atoms with Gasteiger partial charge in [0.2, 0.25) is 5.91 Å². The molecule has 9 nitrogen and oxygen atoms in total. The van der Waals surface area contributed by atoms with Crippen LogP contribution in [0.15, 0.2) is 12.3 Å². The van der Waals surface area contributed by atoms with Crippen LogP contribution in [0.25, 0.3) is 0 Å². The van der Waals surface area contributed by atoms with Crippen molar-refractivity contribution in [3.63, 3.8) is 0 Å². The van der Waals surface area contributed by atoms with E-state index in [0.29, 0.717) is 12.8 Å². The molecule has 2 unspecified atom stereocenters. The third-order valence-corrected chi connectivity index (χ3v) is 3.55.